The third-order valence-electron chi connectivity index (χ3n) is 2.72. The lowest BCUT2D eigenvalue weighted by Crippen LogP contribution is -2.03. The summed E-state index contributed by atoms with van der Waals surface area (Å²) >= 11 is 5.83. The first kappa shape index (κ1) is 11.7. The van der Waals surface area contributed by atoms with Crippen molar-refractivity contribution in [3.8, 4) is 11.3 Å². The van der Waals surface area contributed by atoms with Crippen LogP contribution in [0, 0.1) is 0 Å². The van der Waals surface area contributed by atoms with E-state index in [-0.39, 0.29) is 5.69 Å². The molecule has 0 radical (unpaired) electrons. The number of benzene rings is 1. The Morgan fingerprint density at radius 2 is 2.00 bits per heavy atom. The SMILES string of the molecule is O=C(O)c1c(-c2ccc(Cl)cc2)nc2ncccn12. The summed E-state index contributed by atoms with van der Waals surface area (Å²) in [4.78, 5) is 19.7. The molecule has 94 valence electrons. The van der Waals surface area contributed by atoms with E-state index < -0.39 is 5.97 Å². The largest absolute Gasteiger partial charge is 0.476 e. The van der Waals surface area contributed by atoms with Gasteiger partial charge in [0.25, 0.3) is 0 Å². The number of hydrogen-bond acceptors (Lipinski definition) is 3. The monoisotopic (exact) mass is 273 g/mol. The van der Waals surface area contributed by atoms with E-state index in [4.69, 9.17) is 11.6 Å². The second-order valence-electron chi connectivity index (χ2n) is 3.91. The summed E-state index contributed by atoms with van der Waals surface area (Å²) in [5, 5.41) is 9.94. The normalized spacial score (nSPS) is 10.8. The van der Waals surface area contributed by atoms with Crippen LogP contribution in [0.5, 0.6) is 0 Å². The molecule has 0 saturated carbocycles. The fraction of sp³-hybridized carbons (Fsp3) is 0. The van der Waals surface area contributed by atoms with Crippen molar-refractivity contribution in [1.29, 1.82) is 0 Å². The summed E-state index contributed by atoms with van der Waals surface area (Å²) in [5.74, 6) is -0.699. The quantitative estimate of drug-likeness (QED) is 0.779. The van der Waals surface area contributed by atoms with Gasteiger partial charge in [-0.15, -0.1) is 0 Å². The number of fused-ring (bicyclic) bond motifs is 1. The zero-order valence-electron chi connectivity index (χ0n) is 9.62. The standard InChI is InChI=1S/C13H8ClN3O2/c14-9-4-2-8(3-5-9)10-11(12(18)19)17-7-1-6-15-13(17)16-10/h1-7H,(H,18,19). The van der Waals surface area contributed by atoms with Gasteiger partial charge in [0.1, 0.15) is 5.69 Å². The lowest BCUT2D eigenvalue weighted by molar-refractivity contribution is 0.0690. The highest BCUT2D eigenvalue weighted by atomic mass is 35.5. The van der Waals surface area contributed by atoms with Crippen LogP contribution >= 0.6 is 11.6 Å². The van der Waals surface area contributed by atoms with Gasteiger partial charge in [0.15, 0.2) is 5.69 Å². The van der Waals surface area contributed by atoms with Gasteiger partial charge >= 0.3 is 5.97 Å². The third kappa shape index (κ3) is 1.94. The molecule has 0 aliphatic rings. The molecule has 0 spiro atoms. The Kier molecular flexibility index (Phi) is 2.68. The second-order valence-corrected chi connectivity index (χ2v) is 4.35. The van der Waals surface area contributed by atoms with Gasteiger partial charge in [-0.25, -0.2) is 14.8 Å². The molecule has 0 saturated heterocycles. The van der Waals surface area contributed by atoms with Gasteiger partial charge in [0, 0.05) is 23.0 Å². The fourth-order valence-corrected chi connectivity index (χ4v) is 2.03. The minimum absolute atomic E-state index is 0.0884. The van der Waals surface area contributed by atoms with Crippen molar-refractivity contribution in [2.45, 2.75) is 0 Å². The van der Waals surface area contributed by atoms with Crippen molar-refractivity contribution in [3.05, 3.63) is 53.4 Å². The number of rotatable bonds is 2. The topological polar surface area (TPSA) is 67.5 Å². The highest BCUT2D eigenvalue weighted by Crippen LogP contribution is 2.25. The van der Waals surface area contributed by atoms with Crippen molar-refractivity contribution >= 4 is 23.3 Å². The van der Waals surface area contributed by atoms with Crippen LogP contribution in [0.1, 0.15) is 10.5 Å². The summed E-state index contributed by atoms with van der Waals surface area (Å²) in [6, 6.07) is 8.51. The summed E-state index contributed by atoms with van der Waals surface area (Å²) in [6.07, 6.45) is 3.19. The number of hydrogen-bond donors (Lipinski definition) is 1. The number of nitrogens with zero attached hydrogens (tertiary/aromatic N) is 3. The van der Waals surface area contributed by atoms with Crippen LogP contribution in [0.2, 0.25) is 5.02 Å². The Hall–Kier alpha value is -2.40. The Bertz CT molecular complexity index is 765. The highest BCUT2D eigenvalue weighted by molar-refractivity contribution is 6.30. The molecule has 0 atom stereocenters. The van der Waals surface area contributed by atoms with E-state index in [0.717, 1.165) is 0 Å². The Labute approximate surface area is 113 Å². The molecular formula is C13H8ClN3O2. The van der Waals surface area contributed by atoms with E-state index in [0.29, 0.717) is 22.1 Å². The van der Waals surface area contributed by atoms with Gasteiger partial charge in [0.05, 0.1) is 0 Å². The average molecular weight is 274 g/mol. The first-order valence-electron chi connectivity index (χ1n) is 5.49. The molecule has 6 heteroatoms. The molecule has 0 aliphatic carbocycles. The van der Waals surface area contributed by atoms with Crippen LogP contribution < -0.4 is 0 Å². The predicted molar refractivity (Wildman–Crippen MR) is 70.4 cm³/mol. The number of carbonyl (C=O) groups is 1. The van der Waals surface area contributed by atoms with E-state index >= 15 is 0 Å². The first-order valence-corrected chi connectivity index (χ1v) is 5.87. The molecule has 3 rings (SSSR count). The van der Waals surface area contributed by atoms with Gasteiger partial charge in [-0.05, 0) is 18.2 Å². The maximum Gasteiger partial charge on any atom is 0.355 e. The predicted octanol–water partition coefficient (Wildman–Crippen LogP) is 2.75. The Morgan fingerprint density at radius 3 is 2.68 bits per heavy atom. The Balaban J connectivity index is 2.31. The van der Waals surface area contributed by atoms with Gasteiger partial charge in [-0.1, -0.05) is 23.7 Å². The molecule has 0 fully saturated rings. The van der Waals surface area contributed by atoms with Gasteiger partial charge in [-0.3, -0.25) is 4.40 Å². The van der Waals surface area contributed by atoms with E-state index in [1.807, 2.05) is 0 Å². The van der Waals surface area contributed by atoms with Crippen LogP contribution in [0.4, 0.5) is 0 Å². The molecule has 1 aromatic carbocycles. The molecule has 0 bridgehead atoms. The van der Waals surface area contributed by atoms with Gasteiger partial charge in [-0.2, -0.15) is 0 Å². The summed E-state index contributed by atoms with van der Waals surface area (Å²) in [6.45, 7) is 0. The van der Waals surface area contributed by atoms with E-state index in [1.54, 1.807) is 42.7 Å². The number of halogens is 1. The Morgan fingerprint density at radius 1 is 1.26 bits per heavy atom. The minimum atomic E-state index is -1.05. The molecule has 0 amide bonds. The van der Waals surface area contributed by atoms with Crippen molar-refractivity contribution in [2.75, 3.05) is 0 Å². The molecular weight excluding hydrogens is 266 g/mol. The lowest BCUT2D eigenvalue weighted by atomic mass is 10.1. The van der Waals surface area contributed by atoms with Gasteiger partial charge in [0.2, 0.25) is 5.78 Å². The number of aromatic nitrogens is 3. The highest BCUT2D eigenvalue weighted by Gasteiger charge is 2.20. The van der Waals surface area contributed by atoms with Crippen molar-refractivity contribution < 1.29 is 9.90 Å². The summed E-state index contributed by atoms with van der Waals surface area (Å²) in [5.41, 5.74) is 1.15. The zero-order valence-corrected chi connectivity index (χ0v) is 10.4. The van der Waals surface area contributed by atoms with Crippen LogP contribution in [-0.2, 0) is 0 Å². The smallest absolute Gasteiger partial charge is 0.355 e. The molecule has 19 heavy (non-hydrogen) atoms. The number of carboxylic acid groups (broad SMARTS) is 1. The molecule has 0 unspecified atom stereocenters. The molecule has 3 aromatic rings. The van der Waals surface area contributed by atoms with Crippen molar-refractivity contribution in [2.24, 2.45) is 0 Å². The van der Waals surface area contributed by atoms with E-state index in [1.165, 1.54) is 4.40 Å². The van der Waals surface area contributed by atoms with Crippen molar-refractivity contribution in [3.63, 3.8) is 0 Å². The number of aromatic carboxylic acids is 1. The summed E-state index contributed by atoms with van der Waals surface area (Å²) < 4.78 is 1.45. The maximum atomic E-state index is 11.4. The number of carboxylic acids is 1. The second kappa shape index (κ2) is 4.37. The molecule has 2 heterocycles. The van der Waals surface area contributed by atoms with E-state index in [9.17, 15) is 9.90 Å². The third-order valence-corrected chi connectivity index (χ3v) is 2.98. The van der Waals surface area contributed by atoms with Crippen LogP contribution in [-0.4, -0.2) is 25.4 Å². The molecule has 5 nitrogen and oxygen atoms in total. The van der Waals surface area contributed by atoms with Crippen molar-refractivity contribution in [1.82, 2.24) is 14.4 Å². The summed E-state index contributed by atoms with van der Waals surface area (Å²) in [7, 11) is 0. The van der Waals surface area contributed by atoms with Gasteiger partial charge < -0.3 is 5.11 Å². The van der Waals surface area contributed by atoms with Crippen LogP contribution in [0.25, 0.3) is 17.0 Å². The maximum absolute atomic E-state index is 11.4. The first-order chi connectivity index (χ1) is 9.16. The minimum Gasteiger partial charge on any atom is -0.476 e. The number of imidazole rings is 1. The van der Waals surface area contributed by atoms with Crippen LogP contribution in [0.3, 0.4) is 0 Å². The fourth-order valence-electron chi connectivity index (χ4n) is 1.90. The zero-order chi connectivity index (χ0) is 13.4. The molecule has 0 aliphatic heterocycles. The molecule has 1 N–H and O–H groups in total. The lowest BCUT2D eigenvalue weighted by Gasteiger charge is -2.00. The van der Waals surface area contributed by atoms with Crippen LogP contribution in [0.15, 0.2) is 42.7 Å². The molecule has 2 aromatic heterocycles. The average Bonchev–Trinajstić information content (AvgIpc) is 2.78. The van der Waals surface area contributed by atoms with E-state index in [2.05, 4.69) is 9.97 Å².